The normalized spacial score (nSPS) is 11.6. The van der Waals surface area contributed by atoms with Crippen LogP contribution in [0.15, 0.2) is 23.3 Å². The molecule has 0 amide bonds. The Balaban J connectivity index is 2.72. The number of rotatable bonds is 7. The van der Waals surface area contributed by atoms with E-state index in [4.69, 9.17) is 10.3 Å². The predicted molar refractivity (Wildman–Crippen MR) is 78.3 cm³/mol. The van der Waals surface area contributed by atoms with Crippen LogP contribution in [-0.2, 0) is 9.53 Å². The summed E-state index contributed by atoms with van der Waals surface area (Å²) in [4.78, 5) is 14.2. The minimum atomic E-state index is -0.227. The van der Waals surface area contributed by atoms with Gasteiger partial charge in [0, 0.05) is 11.3 Å². The maximum Gasteiger partial charge on any atom is 0.305 e. The zero-order valence-corrected chi connectivity index (χ0v) is 12.3. The molecule has 0 aliphatic carbocycles. The van der Waals surface area contributed by atoms with Gasteiger partial charge in [-0.15, -0.1) is 0 Å². The molecule has 0 saturated heterocycles. The van der Waals surface area contributed by atoms with Crippen molar-refractivity contribution in [2.75, 3.05) is 6.61 Å². The van der Waals surface area contributed by atoms with Gasteiger partial charge in [0.2, 0.25) is 0 Å². The standard InChI is InChI=1S/C15H21N3O2/c1-4-20-15(19)7-5-6-14(17-18-16)13-10-11(2)8-9-12(13)3/h8-10,14H,4-7H2,1-3H3. The smallest absolute Gasteiger partial charge is 0.305 e. The molecule has 20 heavy (non-hydrogen) atoms. The van der Waals surface area contributed by atoms with Crippen LogP contribution in [0, 0.1) is 13.8 Å². The topological polar surface area (TPSA) is 75.1 Å². The number of carbonyl (C=O) groups is 1. The second-order valence-electron chi connectivity index (χ2n) is 4.78. The lowest BCUT2D eigenvalue weighted by atomic mass is 9.96. The minimum Gasteiger partial charge on any atom is -0.466 e. The van der Waals surface area contributed by atoms with Crippen molar-refractivity contribution in [1.82, 2.24) is 0 Å². The average molecular weight is 275 g/mol. The Morgan fingerprint density at radius 2 is 2.20 bits per heavy atom. The molecule has 0 saturated carbocycles. The Hall–Kier alpha value is -2.00. The Labute approximate surface area is 119 Å². The number of aryl methyl sites for hydroxylation is 2. The molecule has 0 heterocycles. The summed E-state index contributed by atoms with van der Waals surface area (Å²) in [6, 6.07) is 5.87. The number of esters is 1. The fourth-order valence-corrected chi connectivity index (χ4v) is 2.13. The molecule has 1 unspecified atom stereocenters. The first-order valence-corrected chi connectivity index (χ1v) is 6.85. The number of nitrogens with zero attached hydrogens (tertiary/aromatic N) is 3. The molecule has 1 aromatic carbocycles. The van der Waals surface area contributed by atoms with E-state index >= 15 is 0 Å². The van der Waals surface area contributed by atoms with Crippen molar-refractivity contribution in [3.8, 4) is 0 Å². The fourth-order valence-electron chi connectivity index (χ4n) is 2.13. The van der Waals surface area contributed by atoms with E-state index in [9.17, 15) is 4.79 Å². The van der Waals surface area contributed by atoms with E-state index in [-0.39, 0.29) is 12.0 Å². The third-order valence-corrected chi connectivity index (χ3v) is 3.15. The van der Waals surface area contributed by atoms with Crippen molar-refractivity contribution >= 4 is 5.97 Å². The maximum absolute atomic E-state index is 11.3. The van der Waals surface area contributed by atoms with Crippen molar-refractivity contribution in [3.05, 3.63) is 45.3 Å². The zero-order valence-electron chi connectivity index (χ0n) is 12.3. The monoisotopic (exact) mass is 275 g/mol. The number of hydrogen-bond donors (Lipinski definition) is 0. The quantitative estimate of drug-likeness (QED) is 0.320. The summed E-state index contributed by atoms with van der Waals surface area (Å²) in [5.41, 5.74) is 12.0. The highest BCUT2D eigenvalue weighted by Gasteiger charge is 2.13. The molecule has 0 spiro atoms. The highest BCUT2D eigenvalue weighted by atomic mass is 16.5. The first-order chi connectivity index (χ1) is 9.58. The molecule has 1 atom stereocenters. The number of benzene rings is 1. The van der Waals surface area contributed by atoms with E-state index in [2.05, 4.69) is 10.0 Å². The Bertz CT molecular complexity index is 508. The molecule has 0 radical (unpaired) electrons. The van der Waals surface area contributed by atoms with Crippen molar-refractivity contribution in [1.29, 1.82) is 0 Å². The summed E-state index contributed by atoms with van der Waals surface area (Å²) >= 11 is 0. The molecule has 0 aromatic heterocycles. The van der Waals surface area contributed by atoms with Gasteiger partial charge in [0.1, 0.15) is 0 Å². The summed E-state index contributed by atoms with van der Waals surface area (Å²) in [7, 11) is 0. The van der Waals surface area contributed by atoms with Gasteiger partial charge in [-0.1, -0.05) is 28.9 Å². The maximum atomic E-state index is 11.3. The molecule has 0 aliphatic heterocycles. The summed E-state index contributed by atoms with van der Waals surface area (Å²) in [5.74, 6) is -0.201. The van der Waals surface area contributed by atoms with E-state index in [1.54, 1.807) is 6.92 Å². The molecule has 0 bridgehead atoms. The molecule has 108 valence electrons. The van der Waals surface area contributed by atoms with Crippen LogP contribution in [0.2, 0.25) is 0 Å². The Kier molecular flexibility index (Phi) is 6.60. The lowest BCUT2D eigenvalue weighted by Gasteiger charge is -2.15. The largest absolute Gasteiger partial charge is 0.466 e. The lowest BCUT2D eigenvalue weighted by Crippen LogP contribution is -2.05. The summed E-state index contributed by atoms with van der Waals surface area (Å²) in [6.07, 6.45) is 1.65. The van der Waals surface area contributed by atoms with Gasteiger partial charge >= 0.3 is 5.97 Å². The van der Waals surface area contributed by atoms with E-state index in [0.717, 1.165) is 16.7 Å². The Morgan fingerprint density at radius 3 is 2.85 bits per heavy atom. The van der Waals surface area contributed by atoms with E-state index in [1.165, 1.54) is 0 Å². The van der Waals surface area contributed by atoms with Gasteiger partial charge in [0.15, 0.2) is 0 Å². The molecule has 0 N–H and O–H groups in total. The molecule has 1 aromatic rings. The molecule has 5 nitrogen and oxygen atoms in total. The van der Waals surface area contributed by atoms with Crippen molar-refractivity contribution in [3.63, 3.8) is 0 Å². The first kappa shape index (κ1) is 16.1. The molecule has 5 heteroatoms. The molecular formula is C15H21N3O2. The van der Waals surface area contributed by atoms with Crippen molar-refractivity contribution in [2.24, 2.45) is 5.11 Å². The number of carbonyl (C=O) groups excluding carboxylic acids is 1. The van der Waals surface area contributed by atoms with E-state index in [0.29, 0.717) is 25.9 Å². The number of hydrogen-bond acceptors (Lipinski definition) is 3. The SMILES string of the molecule is CCOC(=O)CCCC(N=[N+]=[N-])c1cc(C)ccc1C. The van der Waals surface area contributed by atoms with Crippen LogP contribution in [0.1, 0.15) is 48.9 Å². The Morgan fingerprint density at radius 1 is 1.45 bits per heavy atom. The third kappa shape index (κ3) is 4.94. The lowest BCUT2D eigenvalue weighted by molar-refractivity contribution is -0.143. The van der Waals surface area contributed by atoms with Crippen LogP contribution in [0.5, 0.6) is 0 Å². The zero-order chi connectivity index (χ0) is 15.0. The van der Waals surface area contributed by atoms with Gasteiger partial charge in [0.25, 0.3) is 0 Å². The number of ether oxygens (including phenoxy) is 1. The molecule has 0 fully saturated rings. The average Bonchev–Trinajstić information content (AvgIpc) is 2.41. The highest BCUT2D eigenvalue weighted by molar-refractivity contribution is 5.69. The molecule has 0 aliphatic rings. The minimum absolute atomic E-state index is 0.201. The third-order valence-electron chi connectivity index (χ3n) is 3.15. The van der Waals surface area contributed by atoms with Crippen LogP contribution in [0.3, 0.4) is 0 Å². The van der Waals surface area contributed by atoms with Crippen LogP contribution in [-0.4, -0.2) is 12.6 Å². The second-order valence-corrected chi connectivity index (χ2v) is 4.78. The van der Waals surface area contributed by atoms with Gasteiger partial charge in [-0.3, -0.25) is 4.79 Å². The summed E-state index contributed by atoms with van der Waals surface area (Å²) < 4.78 is 4.89. The van der Waals surface area contributed by atoms with Gasteiger partial charge in [-0.25, -0.2) is 0 Å². The van der Waals surface area contributed by atoms with Gasteiger partial charge < -0.3 is 4.74 Å². The number of azide groups is 1. The van der Waals surface area contributed by atoms with Gasteiger partial charge in [0.05, 0.1) is 12.6 Å². The first-order valence-electron chi connectivity index (χ1n) is 6.85. The van der Waals surface area contributed by atoms with E-state index in [1.807, 2.05) is 32.0 Å². The van der Waals surface area contributed by atoms with Crippen molar-refractivity contribution < 1.29 is 9.53 Å². The fraction of sp³-hybridized carbons (Fsp3) is 0.533. The molecule has 1 rings (SSSR count). The van der Waals surface area contributed by atoms with Crippen LogP contribution < -0.4 is 0 Å². The second kappa shape index (κ2) is 8.23. The van der Waals surface area contributed by atoms with Crippen LogP contribution >= 0.6 is 0 Å². The van der Waals surface area contributed by atoms with Crippen molar-refractivity contribution in [2.45, 2.75) is 46.1 Å². The molecular weight excluding hydrogens is 254 g/mol. The highest BCUT2D eigenvalue weighted by Crippen LogP contribution is 2.27. The predicted octanol–water partition coefficient (Wildman–Crippen LogP) is 4.39. The van der Waals surface area contributed by atoms with Gasteiger partial charge in [-0.05, 0) is 50.3 Å². The van der Waals surface area contributed by atoms with E-state index < -0.39 is 0 Å². The van der Waals surface area contributed by atoms with Gasteiger partial charge in [-0.2, -0.15) is 0 Å². The summed E-state index contributed by atoms with van der Waals surface area (Å²) in [6.45, 7) is 6.20. The van der Waals surface area contributed by atoms with Crippen LogP contribution in [0.25, 0.3) is 10.4 Å². The van der Waals surface area contributed by atoms with Crippen LogP contribution in [0.4, 0.5) is 0 Å². The summed E-state index contributed by atoms with van der Waals surface area (Å²) in [5, 5.41) is 3.87.